The summed E-state index contributed by atoms with van der Waals surface area (Å²) >= 11 is 4.90. The van der Waals surface area contributed by atoms with Gasteiger partial charge in [0.1, 0.15) is 0 Å². The number of rotatable bonds is 5. The minimum absolute atomic E-state index is 0.0748. The molecule has 1 aromatic heterocycles. The zero-order chi connectivity index (χ0) is 13.9. The topological polar surface area (TPSA) is 29.1 Å². The van der Waals surface area contributed by atoms with Crippen LogP contribution in [0.25, 0.3) is 0 Å². The van der Waals surface area contributed by atoms with Gasteiger partial charge in [0.15, 0.2) is 0 Å². The molecule has 1 heterocycles. The lowest BCUT2D eigenvalue weighted by Gasteiger charge is -2.31. The first-order valence-corrected chi connectivity index (χ1v) is 8.65. The van der Waals surface area contributed by atoms with Crippen LogP contribution in [0.5, 0.6) is 0 Å². The Bertz CT molecular complexity index is 435. The lowest BCUT2D eigenvalue weighted by atomic mass is 9.78. The van der Waals surface area contributed by atoms with Crippen molar-refractivity contribution < 1.29 is 4.79 Å². The molecule has 2 rings (SSSR count). The Kier molecular flexibility index (Phi) is 5.07. The number of nitrogens with one attached hydrogen (secondary N) is 1. The molecule has 0 atom stereocenters. The third kappa shape index (κ3) is 4.06. The number of halogens is 1. The summed E-state index contributed by atoms with van der Waals surface area (Å²) in [6.45, 7) is 5.38. The second kappa shape index (κ2) is 6.40. The van der Waals surface area contributed by atoms with Crippen molar-refractivity contribution in [3.63, 3.8) is 0 Å². The smallest absolute Gasteiger partial charge is 0.261 e. The van der Waals surface area contributed by atoms with E-state index in [0.717, 1.165) is 15.2 Å². The average Bonchev–Trinajstić information content (AvgIpc) is 2.95. The summed E-state index contributed by atoms with van der Waals surface area (Å²) in [5.41, 5.74) is 0.346. The van der Waals surface area contributed by atoms with E-state index in [1.54, 1.807) is 0 Å². The third-order valence-electron chi connectivity index (χ3n) is 3.93. The van der Waals surface area contributed by atoms with Gasteiger partial charge in [0.05, 0.1) is 8.66 Å². The maximum absolute atomic E-state index is 12.1. The summed E-state index contributed by atoms with van der Waals surface area (Å²) in [5, 5.41) is 3.15. The highest BCUT2D eigenvalue weighted by Gasteiger charge is 2.34. The normalized spacial score (nSPS) is 17.9. The zero-order valence-corrected chi connectivity index (χ0v) is 14.1. The van der Waals surface area contributed by atoms with Crippen molar-refractivity contribution in [2.75, 3.05) is 6.54 Å². The predicted octanol–water partition coefficient (Wildman–Crippen LogP) is 4.85. The molecule has 0 aromatic carbocycles. The molecule has 0 spiro atoms. The van der Waals surface area contributed by atoms with E-state index >= 15 is 0 Å². The summed E-state index contributed by atoms with van der Waals surface area (Å²) in [5.74, 6) is 0.775. The van der Waals surface area contributed by atoms with Crippen LogP contribution in [0.15, 0.2) is 15.9 Å². The van der Waals surface area contributed by atoms with Gasteiger partial charge in [-0.05, 0) is 58.7 Å². The van der Waals surface area contributed by atoms with Crippen LogP contribution in [0.3, 0.4) is 0 Å². The van der Waals surface area contributed by atoms with Gasteiger partial charge in [-0.2, -0.15) is 0 Å². The van der Waals surface area contributed by atoms with E-state index in [1.165, 1.54) is 43.4 Å². The quantitative estimate of drug-likeness (QED) is 0.813. The van der Waals surface area contributed by atoms with Gasteiger partial charge in [-0.3, -0.25) is 4.79 Å². The monoisotopic (exact) mass is 343 g/mol. The van der Waals surface area contributed by atoms with Crippen LogP contribution in [0.2, 0.25) is 0 Å². The molecule has 19 heavy (non-hydrogen) atoms. The molecule has 1 N–H and O–H groups in total. The molecular weight excluding hydrogens is 322 g/mol. The fourth-order valence-corrected chi connectivity index (χ4v) is 4.54. The summed E-state index contributed by atoms with van der Waals surface area (Å²) in [4.78, 5) is 12.9. The Hall–Kier alpha value is -0.350. The number of amides is 1. The van der Waals surface area contributed by atoms with E-state index < -0.39 is 0 Å². The Morgan fingerprint density at radius 3 is 2.63 bits per heavy atom. The van der Waals surface area contributed by atoms with Gasteiger partial charge in [-0.15, -0.1) is 11.3 Å². The standard InChI is InChI=1S/C15H22BrNOS/c1-11(2)9-15(7-3-4-8-15)10-17-14(18)12-5-6-13(16)19-12/h5-6,11H,3-4,7-10H2,1-2H3,(H,17,18). The number of thiophene rings is 1. The third-order valence-corrected chi connectivity index (χ3v) is 5.55. The number of carbonyl (C=O) groups is 1. The van der Waals surface area contributed by atoms with E-state index in [2.05, 4.69) is 35.1 Å². The van der Waals surface area contributed by atoms with E-state index in [4.69, 9.17) is 0 Å². The first-order chi connectivity index (χ1) is 9.01. The maximum atomic E-state index is 12.1. The lowest BCUT2D eigenvalue weighted by molar-refractivity contribution is 0.0926. The van der Waals surface area contributed by atoms with Crippen molar-refractivity contribution in [3.05, 3.63) is 20.8 Å². The molecule has 1 saturated carbocycles. The molecule has 1 aromatic rings. The Balaban J connectivity index is 1.94. The van der Waals surface area contributed by atoms with Crippen LogP contribution in [0, 0.1) is 11.3 Å². The van der Waals surface area contributed by atoms with Crippen LogP contribution in [-0.2, 0) is 0 Å². The van der Waals surface area contributed by atoms with Crippen LogP contribution in [0.4, 0.5) is 0 Å². The molecule has 106 valence electrons. The average molecular weight is 344 g/mol. The van der Waals surface area contributed by atoms with Crippen molar-refractivity contribution in [3.8, 4) is 0 Å². The largest absolute Gasteiger partial charge is 0.351 e. The minimum atomic E-state index is 0.0748. The molecule has 0 saturated heterocycles. The van der Waals surface area contributed by atoms with Gasteiger partial charge in [0.25, 0.3) is 5.91 Å². The molecule has 0 unspecified atom stereocenters. The van der Waals surface area contributed by atoms with Crippen LogP contribution < -0.4 is 5.32 Å². The highest BCUT2D eigenvalue weighted by molar-refractivity contribution is 9.11. The highest BCUT2D eigenvalue weighted by atomic mass is 79.9. The van der Waals surface area contributed by atoms with Crippen LogP contribution >= 0.6 is 27.3 Å². The fourth-order valence-electron chi connectivity index (χ4n) is 3.24. The second-order valence-corrected chi connectivity index (χ2v) is 8.55. The molecule has 1 aliphatic rings. The molecule has 1 aliphatic carbocycles. The predicted molar refractivity (Wildman–Crippen MR) is 84.7 cm³/mol. The Morgan fingerprint density at radius 2 is 2.11 bits per heavy atom. The molecule has 1 amide bonds. The fraction of sp³-hybridized carbons (Fsp3) is 0.667. The minimum Gasteiger partial charge on any atom is -0.351 e. The lowest BCUT2D eigenvalue weighted by Crippen LogP contribution is -2.36. The number of hydrogen-bond acceptors (Lipinski definition) is 2. The first-order valence-electron chi connectivity index (χ1n) is 7.04. The summed E-state index contributed by atoms with van der Waals surface area (Å²) in [6, 6.07) is 3.81. The molecule has 2 nitrogen and oxygen atoms in total. The molecule has 0 bridgehead atoms. The molecule has 4 heteroatoms. The second-order valence-electron chi connectivity index (χ2n) is 6.09. The highest BCUT2D eigenvalue weighted by Crippen LogP contribution is 2.42. The Labute approximate surface area is 128 Å². The number of carbonyl (C=O) groups excluding carboxylic acids is 1. The van der Waals surface area contributed by atoms with Crippen LogP contribution in [-0.4, -0.2) is 12.5 Å². The molecule has 1 fully saturated rings. The van der Waals surface area contributed by atoms with E-state index in [-0.39, 0.29) is 5.91 Å². The van der Waals surface area contributed by atoms with Crippen molar-refractivity contribution in [2.24, 2.45) is 11.3 Å². The van der Waals surface area contributed by atoms with Gasteiger partial charge in [-0.25, -0.2) is 0 Å². The zero-order valence-electron chi connectivity index (χ0n) is 11.7. The summed E-state index contributed by atoms with van der Waals surface area (Å²) in [6.07, 6.45) is 6.38. The van der Waals surface area contributed by atoms with E-state index in [1.807, 2.05) is 12.1 Å². The van der Waals surface area contributed by atoms with Gasteiger partial charge < -0.3 is 5.32 Å². The summed E-state index contributed by atoms with van der Waals surface area (Å²) in [7, 11) is 0. The SMILES string of the molecule is CC(C)CC1(CNC(=O)c2ccc(Br)s2)CCCC1. The van der Waals surface area contributed by atoms with Gasteiger partial charge >= 0.3 is 0 Å². The van der Waals surface area contributed by atoms with Crippen molar-refractivity contribution >= 4 is 33.2 Å². The molecular formula is C15H22BrNOS. The van der Waals surface area contributed by atoms with Gasteiger partial charge in [-0.1, -0.05) is 26.7 Å². The first kappa shape index (κ1) is 15.0. The van der Waals surface area contributed by atoms with E-state index in [0.29, 0.717) is 11.3 Å². The molecule has 0 radical (unpaired) electrons. The number of hydrogen-bond donors (Lipinski definition) is 1. The van der Waals surface area contributed by atoms with Crippen molar-refractivity contribution in [2.45, 2.75) is 46.0 Å². The van der Waals surface area contributed by atoms with Crippen LogP contribution in [0.1, 0.15) is 55.6 Å². The van der Waals surface area contributed by atoms with Crippen molar-refractivity contribution in [1.82, 2.24) is 5.32 Å². The van der Waals surface area contributed by atoms with E-state index in [9.17, 15) is 4.79 Å². The Morgan fingerprint density at radius 1 is 1.42 bits per heavy atom. The maximum Gasteiger partial charge on any atom is 0.261 e. The van der Waals surface area contributed by atoms with Crippen molar-refractivity contribution in [1.29, 1.82) is 0 Å². The van der Waals surface area contributed by atoms with Gasteiger partial charge in [0.2, 0.25) is 0 Å². The molecule has 0 aliphatic heterocycles. The van der Waals surface area contributed by atoms with Gasteiger partial charge in [0, 0.05) is 6.54 Å². The summed E-state index contributed by atoms with van der Waals surface area (Å²) < 4.78 is 1.01.